The average molecular weight is 279 g/mol. The summed E-state index contributed by atoms with van der Waals surface area (Å²) >= 11 is 0. The van der Waals surface area contributed by atoms with Crippen LogP contribution in [0.5, 0.6) is 0 Å². The number of anilines is 1. The van der Waals surface area contributed by atoms with E-state index in [9.17, 15) is 4.79 Å². The second-order valence-corrected chi connectivity index (χ2v) is 4.50. The fourth-order valence-corrected chi connectivity index (χ4v) is 1.96. The van der Waals surface area contributed by atoms with Crippen LogP contribution in [0.25, 0.3) is 5.82 Å². The molecule has 0 bridgehead atoms. The van der Waals surface area contributed by atoms with Crippen molar-refractivity contribution in [3.63, 3.8) is 0 Å². The van der Waals surface area contributed by atoms with Crippen molar-refractivity contribution in [3.8, 4) is 5.82 Å². The first kappa shape index (κ1) is 13.0. The van der Waals surface area contributed by atoms with E-state index in [0.29, 0.717) is 17.2 Å². The first-order valence-electron chi connectivity index (χ1n) is 6.41. The molecule has 0 aliphatic carbocycles. The fourth-order valence-electron chi connectivity index (χ4n) is 1.96. The smallest absolute Gasteiger partial charge is 0.257 e. The van der Waals surface area contributed by atoms with Crippen LogP contribution < -0.4 is 5.32 Å². The summed E-state index contributed by atoms with van der Waals surface area (Å²) < 4.78 is 1.74. The summed E-state index contributed by atoms with van der Waals surface area (Å²) in [6.07, 6.45) is 6.47. The monoisotopic (exact) mass is 279 g/mol. The Kier molecular flexibility index (Phi) is 3.42. The molecule has 0 fully saturated rings. The van der Waals surface area contributed by atoms with Crippen molar-refractivity contribution in [1.29, 1.82) is 0 Å². The molecule has 0 unspecified atom stereocenters. The number of imidazole rings is 1. The van der Waals surface area contributed by atoms with Gasteiger partial charge in [-0.25, -0.2) is 15.0 Å². The number of aryl methyl sites for hydroxylation is 1. The minimum Gasteiger partial charge on any atom is -0.306 e. The van der Waals surface area contributed by atoms with Crippen molar-refractivity contribution in [3.05, 3.63) is 66.5 Å². The van der Waals surface area contributed by atoms with Gasteiger partial charge in [-0.15, -0.1) is 0 Å². The van der Waals surface area contributed by atoms with Crippen molar-refractivity contribution in [2.45, 2.75) is 6.92 Å². The molecule has 0 radical (unpaired) electrons. The molecule has 0 aliphatic rings. The minimum absolute atomic E-state index is 0.191. The summed E-state index contributed by atoms with van der Waals surface area (Å²) in [5, 5.41) is 2.78. The second kappa shape index (κ2) is 5.54. The molecule has 6 nitrogen and oxygen atoms in total. The quantitative estimate of drug-likeness (QED) is 0.798. The van der Waals surface area contributed by atoms with Gasteiger partial charge in [0, 0.05) is 24.0 Å². The predicted molar refractivity (Wildman–Crippen MR) is 78.3 cm³/mol. The Morgan fingerprint density at radius 3 is 2.86 bits per heavy atom. The normalized spacial score (nSPS) is 10.3. The molecular weight excluding hydrogens is 266 g/mol. The molecular formula is C15H13N5O. The molecule has 21 heavy (non-hydrogen) atoms. The molecule has 0 saturated heterocycles. The van der Waals surface area contributed by atoms with Gasteiger partial charge in [-0.2, -0.15) is 0 Å². The summed E-state index contributed by atoms with van der Waals surface area (Å²) in [6, 6.07) is 9.10. The minimum atomic E-state index is -0.191. The molecule has 104 valence electrons. The first-order chi connectivity index (χ1) is 10.2. The van der Waals surface area contributed by atoms with E-state index >= 15 is 0 Å². The molecule has 1 amide bonds. The maximum absolute atomic E-state index is 12.2. The highest BCUT2D eigenvalue weighted by Gasteiger charge is 2.10. The molecule has 0 atom stereocenters. The van der Waals surface area contributed by atoms with Crippen LogP contribution in [0.1, 0.15) is 15.9 Å². The maximum Gasteiger partial charge on any atom is 0.257 e. The molecule has 1 aromatic carbocycles. The third kappa shape index (κ3) is 2.79. The largest absolute Gasteiger partial charge is 0.306 e. The number of hydrogen-bond donors (Lipinski definition) is 1. The van der Waals surface area contributed by atoms with Gasteiger partial charge in [0.1, 0.15) is 24.3 Å². The fraction of sp³-hybridized carbons (Fsp3) is 0.0667. The maximum atomic E-state index is 12.2. The third-order valence-electron chi connectivity index (χ3n) is 3.05. The van der Waals surface area contributed by atoms with Gasteiger partial charge >= 0.3 is 0 Å². The van der Waals surface area contributed by atoms with Crippen LogP contribution in [-0.4, -0.2) is 25.4 Å². The topological polar surface area (TPSA) is 72.7 Å². The van der Waals surface area contributed by atoms with E-state index in [4.69, 9.17) is 0 Å². The molecule has 2 aromatic heterocycles. The van der Waals surface area contributed by atoms with Crippen molar-refractivity contribution in [2.24, 2.45) is 0 Å². The van der Waals surface area contributed by atoms with Crippen molar-refractivity contribution in [1.82, 2.24) is 19.5 Å². The first-order valence-corrected chi connectivity index (χ1v) is 6.41. The predicted octanol–water partition coefficient (Wildman–Crippen LogP) is 2.22. The van der Waals surface area contributed by atoms with E-state index in [1.165, 1.54) is 6.33 Å². The van der Waals surface area contributed by atoms with Gasteiger partial charge in [0.2, 0.25) is 0 Å². The number of rotatable bonds is 3. The molecule has 0 spiro atoms. The summed E-state index contributed by atoms with van der Waals surface area (Å²) in [5.74, 6) is 0.896. The third-order valence-corrected chi connectivity index (χ3v) is 3.05. The van der Waals surface area contributed by atoms with Gasteiger partial charge in [0.05, 0.1) is 0 Å². The van der Waals surface area contributed by atoms with E-state index in [-0.39, 0.29) is 5.91 Å². The number of nitrogens with one attached hydrogen (secondary N) is 1. The highest BCUT2D eigenvalue weighted by molar-refractivity contribution is 6.04. The van der Waals surface area contributed by atoms with Gasteiger partial charge in [-0.1, -0.05) is 18.2 Å². The molecule has 2 heterocycles. The van der Waals surface area contributed by atoms with Gasteiger partial charge in [0.15, 0.2) is 0 Å². The van der Waals surface area contributed by atoms with E-state index in [2.05, 4.69) is 20.3 Å². The number of carbonyl (C=O) groups excluding carboxylic acids is 1. The summed E-state index contributed by atoms with van der Waals surface area (Å²) in [4.78, 5) is 24.4. The van der Waals surface area contributed by atoms with Crippen LogP contribution in [0.2, 0.25) is 0 Å². The zero-order valence-corrected chi connectivity index (χ0v) is 11.4. The van der Waals surface area contributed by atoms with Crippen molar-refractivity contribution < 1.29 is 4.79 Å². The number of benzene rings is 1. The second-order valence-electron chi connectivity index (χ2n) is 4.50. The van der Waals surface area contributed by atoms with E-state index in [1.54, 1.807) is 35.4 Å². The Balaban J connectivity index is 1.84. The SMILES string of the molecule is Cc1ccccc1C(=O)Nc1cc(-n2ccnc2)ncn1. The molecule has 6 heteroatoms. The summed E-state index contributed by atoms with van der Waals surface area (Å²) in [5.41, 5.74) is 1.54. The molecule has 0 saturated carbocycles. The Hall–Kier alpha value is -3.02. The van der Waals surface area contributed by atoms with Gasteiger partial charge in [-0.3, -0.25) is 9.36 Å². The van der Waals surface area contributed by atoms with E-state index < -0.39 is 0 Å². The number of carbonyl (C=O) groups is 1. The van der Waals surface area contributed by atoms with Crippen LogP contribution in [0.3, 0.4) is 0 Å². The lowest BCUT2D eigenvalue weighted by Crippen LogP contribution is -2.14. The highest BCUT2D eigenvalue weighted by atomic mass is 16.1. The lowest BCUT2D eigenvalue weighted by atomic mass is 10.1. The van der Waals surface area contributed by atoms with Gasteiger partial charge < -0.3 is 5.32 Å². The van der Waals surface area contributed by atoms with Crippen LogP contribution in [-0.2, 0) is 0 Å². The highest BCUT2D eigenvalue weighted by Crippen LogP contribution is 2.12. The van der Waals surface area contributed by atoms with Crippen LogP contribution in [0.4, 0.5) is 5.82 Å². The Labute approximate surface area is 121 Å². The molecule has 3 aromatic rings. The number of aromatic nitrogens is 4. The molecule has 3 rings (SSSR count). The number of nitrogens with zero attached hydrogens (tertiary/aromatic N) is 4. The lowest BCUT2D eigenvalue weighted by molar-refractivity contribution is 0.102. The Morgan fingerprint density at radius 1 is 1.24 bits per heavy atom. The molecule has 1 N–H and O–H groups in total. The zero-order valence-electron chi connectivity index (χ0n) is 11.4. The van der Waals surface area contributed by atoms with E-state index in [1.807, 2.05) is 25.1 Å². The lowest BCUT2D eigenvalue weighted by Gasteiger charge is -2.08. The van der Waals surface area contributed by atoms with Gasteiger partial charge in [-0.05, 0) is 18.6 Å². The molecule has 0 aliphatic heterocycles. The van der Waals surface area contributed by atoms with Crippen LogP contribution in [0, 0.1) is 6.92 Å². The van der Waals surface area contributed by atoms with Crippen LogP contribution >= 0.6 is 0 Å². The Morgan fingerprint density at radius 2 is 2.10 bits per heavy atom. The summed E-state index contributed by atoms with van der Waals surface area (Å²) in [7, 11) is 0. The Bertz CT molecular complexity index is 767. The van der Waals surface area contributed by atoms with Crippen molar-refractivity contribution >= 4 is 11.7 Å². The number of hydrogen-bond acceptors (Lipinski definition) is 4. The van der Waals surface area contributed by atoms with Crippen molar-refractivity contribution in [2.75, 3.05) is 5.32 Å². The van der Waals surface area contributed by atoms with Crippen LogP contribution in [0.15, 0.2) is 55.4 Å². The average Bonchev–Trinajstić information content (AvgIpc) is 3.02. The van der Waals surface area contributed by atoms with Gasteiger partial charge in [0.25, 0.3) is 5.91 Å². The summed E-state index contributed by atoms with van der Waals surface area (Å²) in [6.45, 7) is 1.89. The number of amides is 1. The standard InChI is InChI=1S/C15H13N5O/c1-11-4-2-3-5-12(11)15(21)19-13-8-14(18-9-17-13)20-7-6-16-10-20/h2-10H,1H3,(H,17,18,19,21). The zero-order chi connectivity index (χ0) is 14.7. The van der Waals surface area contributed by atoms with E-state index in [0.717, 1.165) is 5.56 Å².